The molecule has 13 heavy (non-hydrogen) atoms. The fourth-order valence-electron chi connectivity index (χ4n) is 1.41. The smallest absolute Gasteiger partial charge is 0.324 e. The number of rotatable bonds is 4. The summed E-state index contributed by atoms with van der Waals surface area (Å²) < 4.78 is 11.2. The van der Waals surface area contributed by atoms with E-state index in [4.69, 9.17) is 5.73 Å². The molecule has 5 heteroatoms. The first-order valence-electron chi connectivity index (χ1n) is 4.47. The van der Waals surface area contributed by atoms with Gasteiger partial charge in [-0.2, -0.15) is 0 Å². The molecule has 0 unspecified atom stereocenters. The Morgan fingerprint density at radius 1 is 1.23 bits per heavy atom. The van der Waals surface area contributed by atoms with Crippen molar-refractivity contribution in [3.05, 3.63) is 0 Å². The molecule has 0 saturated heterocycles. The maximum atomic E-state index is 11.2. The SMILES string of the molecule is CCC(N)(CC)C(C)(C)P(=O)(O)O. The topological polar surface area (TPSA) is 83.6 Å². The van der Waals surface area contributed by atoms with E-state index in [-0.39, 0.29) is 0 Å². The minimum Gasteiger partial charge on any atom is -0.324 e. The molecule has 0 aromatic rings. The highest BCUT2D eigenvalue weighted by Crippen LogP contribution is 2.56. The second-order valence-electron chi connectivity index (χ2n) is 3.97. The van der Waals surface area contributed by atoms with Gasteiger partial charge in [0.25, 0.3) is 0 Å². The lowest BCUT2D eigenvalue weighted by molar-refractivity contribution is 0.246. The summed E-state index contributed by atoms with van der Waals surface area (Å²) in [5, 5.41) is -1.16. The third kappa shape index (κ3) is 2.13. The minimum absolute atomic E-state index is 0.557. The van der Waals surface area contributed by atoms with Crippen LogP contribution < -0.4 is 5.73 Å². The molecule has 0 heterocycles. The van der Waals surface area contributed by atoms with Gasteiger partial charge in [-0.15, -0.1) is 0 Å². The summed E-state index contributed by atoms with van der Waals surface area (Å²) in [6.45, 7) is 6.75. The lowest BCUT2D eigenvalue weighted by Crippen LogP contribution is -2.56. The van der Waals surface area contributed by atoms with Crippen LogP contribution in [-0.2, 0) is 4.57 Å². The van der Waals surface area contributed by atoms with Gasteiger partial charge in [-0.3, -0.25) is 4.57 Å². The van der Waals surface area contributed by atoms with Gasteiger partial charge in [-0.05, 0) is 26.7 Å². The predicted molar refractivity (Wildman–Crippen MR) is 53.6 cm³/mol. The summed E-state index contributed by atoms with van der Waals surface area (Å²) in [6.07, 6.45) is 1.11. The lowest BCUT2D eigenvalue weighted by atomic mass is 9.82. The Bertz CT molecular complexity index is 217. The van der Waals surface area contributed by atoms with Crippen LogP contribution in [0.1, 0.15) is 40.5 Å². The van der Waals surface area contributed by atoms with Crippen LogP contribution in [0.4, 0.5) is 0 Å². The molecular weight excluding hydrogens is 189 g/mol. The second-order valence-corrected chi connectivity index (χ2v) is 6.17. The Hall–Kier alpha value is 0.110. The maximum absolute atomic E-state index is 11.2. The van der Waals surface area contributed by atoms with E-state index < -0.39 is 18.3 Å². The van der Waals surface area contributed by atoms with Gasteiger partial charge in [0.1, 0.15) is 0 Å². The Morgan fingerprint density at radius 3 is 1.62 bits per heavy atom. The average Bonchev–Trinajstić information content (AvgIpc) is 2.00. The van der Waals surface area contributed by atoms with Gasteiger partial charge in [0.2, 0.25) is 0 Å². The van der Waals surface area contributed by atoms with Gasteiger partial charge in [0.15, 0.2) is 0 Å². The predicted octanol–water partition coefficient (Wildman–Crippen LogP) is 1.46. The molecular formula is C8H20NO3P. The standard InChI is InChI=1S/C8H20NO3P/c1-5-8(9,6-2)7(3,4)13(10,11)12/h5-6,9H2,1-4H3,(H2,10,11,12). The molecule has 0 amide bonds. The first kappa shape index (κ1) is 13.1. The zero-order valence-electron chi connectivity index (χ0n) is 8.74. The summed E-state index contributed by atoms with van der Waals surface area (Å²) in [7, 11) is -4.15. The molecule has 0 aromatic heterocycles. The van der Waals surface area contributed by atoms with Crippen molar-refractivity contribution < 1.29 is 14.4 Å². The minimum atomic E-state index is -4.15. The molecule has 4 nitrogen and oxygen atoms in total. The van der Waals surface area contributed by atoms with Crippen molar-refractivity contribution in [2.24, 2.45) is 5.73 Å². The van der Waals surface area contributed by atoms with Crippen LogP contribution in [0.5, 0.6) is 0 Å². The Labute approximate surface area is 79.7 Å². The molecule has 0 rings (SSSR count). The zero-order chi connectivity index (χ0) is 10.9. The highest BCUT2D eigenvalue weighted by Gasteiger charge is 2.51. The monoisotopic (exact) mass is 209 g/mol. The molecule has 0 fully saturated rings. The van der Waals surface area contributed by atoms with Crippen molar-refractivity contribution in [3.63, 3.8) is 0 Å². The van der Waals surface area contributed by atoms with Crippen molar-refractivity contribution in [3.8, 4) is 0 Å². The lowest BCUT2D eigenvalue weighted by Gasteiger charge is -2.42. The van der Waals surface area contributed by atoms with E-state index in [1.54, 1.807) is 0 Å². The van der Waals surface area contributed by atoms with E-state index in [0.717, 1.165) is 0 Å². The number of nitrogens with two attached hydrogens (primary N) is 1. The van der Waals surface area contributed by atoms with Crippen LogP contribution >= 0.6 is 7.60 Å². The number of hydrogen-bond donors (Lipinski definition) is 3. The summed E-state index contributed by atoms with van der Waals surface area (Å²) >= 11 is 0. The maximum Gasteiger partial charge on any atom is 0.332 e. The van der Waals surface area contributed by atoms with Crippen molar-refractivity contribution in [1.82, 2.24) is 0 Å². The Morgan fingerprint density at radius 2 is 1.54 bits per heavy atom. The molecule has 0 saturated carbocycles. The molecule has 80 valence electrons. The van der Waals surface area contributed by atoms with Gasteiger partial charge in [-0.25, -0.2) is 0 Å². The third-order valence-corrected chi connectivity index (χ3v) is 5.11. The zero-order valence-corrected chi connectivity index (χ0v) is 9.64. The van der Waals surface area contributed by atoms with E-state index in [1.807, 2.05) is 13.8 Å². The van der Waals surface area contributed by atoms with E-state index in [2.05, 4.69) is 0 Å². The first-order chi connectivity index (χ1) is 5.62. The van der Waals surface area contributed by atoms with Crippen LogP contribution in [0, 0.1) is 0 Å². The fourth-order valence-corrected chi connectivity index (χ4v) is 2.30. The molecule has 0 spiro atoms. The van der Waals surface area contributed by atoms with Gasteiger partial charge in [0, 0.05) is 5.54 Å². The quantitative estimate of drug-likeness (QED) is 0.612. The molecule has 0 bridgehead atoms. The van der Waals surface area contributed by atoms with E-state index in [1.165, 1.54) is 13.8 Å². The van der Waals surface area contributed by atoms with Gasteiger partial charge in [-0.1, -0.05) is 13.8 Å². The molecule has 4 N–H and O–H groups in total. The van der Waals surface area contributed by atoms with E-state index in [9.17, 15) is 14.4 Å². The van der Waals surface area contributed by atoms with E-state index >= 15 is 0 Å². The Balaban J connectivity index is 5.12. The van der Waals surface area contributed by atoms with Crippen LogP contribution in [0.3, 0.4) is 0 Å². The summed E-state index contributed by atoms with van der Waals surface area (Å²) in [4.78, 5) is 18.3. The highest BCUT2D eigenvalue weighted by atomic mass is 31.2. The van der Waals surface area contributed by atoms with Crippen LogP contribution in [0.15, 0.2) is 0 Å². The summed E-state index contributed by atoms with van der Waals surface area (Å²) in [5.41, 5.74) is 5.17. The normalized spacial score (nSPS) is 14.7. The fraction of sp³-hybridized carbons (Fsp3) is 1.00. The molecule has 0 aliphatic rings. The van der Waals surface area contributed by atoms with Crippen LogP contribution in [-0.4, -0.2) is 20.5 Å². The number of hydrogen-bond acceptors (Lipinski definition) is 2. The van der Waals surface area contributed by atoms with Crippen LogP contribution in [0.25, 0.3) is 0 Å². The van der Waals surface area contributed by atoms with Crippen molar-refractivity contribution in [2.45, 2.75) is 51.2 Å². The van der Waals surface area contributed by atoms with Crippen LogP contribution in [0.2, 0.25) is 0 Å². The van der Waals surface area contributed by atoms with E-state index in [0.29, 0.717) is 12.8 Å². The van der Waals surface area contributed by atoms with Gasteiger partial charge >= 0.3 is 7.60 Å². The molecule has 0 aliphatic heterocycles. The summed E-state index contributed by atoms with van der Waals surface area (Å²) in [6, 6.07) is 0. The first-order valence-corrected chi connectivity index (χ1v) is 6.08. The van der Waals surface area contributed by atoms with Crippen molar-refractivity contribution in [2.75, 3.05) is 0 Å². The Kier molecular flexibility index (Phi) is 3.73. The van der Waals surface area contributed by atoms with Gasteiger partial charge in [0.05, 0.1) is 5.16 Å². The highest BCUT2D eigenvalue weighted by molar-refractivity contribution is 7.53. The largest absolute Gasteiger partial charge is 0.332 e. The molecule has 0 radical (unpaired) electrons. The van der Waals surface area contributed by atoms with Crippen molar-refractivity contribution >= 4 is 7.60 Å². The third-order valence-electron chi connectivity index (χ3n) is 3.21. The second kappa shape index (κ2) is 3.70. The van der Waals surface area contributed by atoms with Gasteiger partial charge < -0.3 is 15.5 Å². The molecule has 0 aromatic carbocycles. The van der Waals surface area contributed by atoms with Crippen molar-refractivity contribution in [1.29, 1.82) is 0 Å². The molecule has 0 atom stereocenters. The molecule has 0 aliphatic carbocycles. The average molecular weight is 209 g/mol. The summed E-state index contributed by atoms with van der Waals surface area (Å²) in [5.74, 6) is 0.